The largest absolute Gasteiger partial charge is 0.478 e. The molecule has 0 amide bonds. The smallest absolute Gasteiger partial charge is 0.338 e. The Morgan fingerprint density at radius 2 is 2.26 bits per heavy atom. The summed E-state index contributed by atoms with van der Waals surface area (Å²) in [5.41, 5.74) is 1.87. The molecule has 2 aromatic rings. The first-order valence-corrected chi connectivity index (χ1v) is 6.97. The number of nitrogens with one attached hydrogen (secondary N) is 1. The minimum atomic E-state index is -1.03. The summed E-state index contributed by atoms with van der Waals surface area (Å²) in [6, 6.07) is 4.00. The number of thiophene rings is 1. The van der Waals surface area contributed by atoms with Gasteiger partial charge < -0.3 is 10.1 Å². The van der Waals surface area contributed by atoms with Crippen LogP contribution in [0.2, 0.25) is 0 Å². The van der Waals surface area contributed by atoms with Crippen LogP contribution in [0.3, 0.4) is 0 Å². The predicted molar refractivity (Wildman–Crippen MR) is 72.2 cm³/mol. The third-order valence-corrected chi connectivity index (χ3v) is 4.62. The van der Waals surface area contributed by atoms with E-state index in [0.717, 1.165) is 5.69 Å². The molecule has 0 bridgehead atoms. The van der Waals surface area contributed by atoms with E-state index in [1.807, 2.05) is 17.5 Å². The van der Waals surface area contributed by atoms with Gasteiger partial charge in [-0.25, -0.2) is 4.79 Å². The Labute approximate surface area is 114 Å². The maximum atomic E-state index is 12.3. The summed E-state index contributed by atoms with van der Waals surface area (Å²) in [4.78, 5) is 27.7. The number of H-pyrrole nitrogens is 1. The van der Waals surface area contributed by atoms with Crippen LogP contribution in [0, 0.1) is 6.92 Å². The fourth-order valence-corrected chi connectivity index (χ4v) is 3.62. The van der Waals surface area contributed by atoms with Crippen LogP contribution in [0.1, 0.15) is 49.3 Å². The molecule has 2 heterocycles. The highest BCUT2D eigenvalue weighted by molar-refractivity contribution is 7.10. The number of Topliss-reactive ketones (excluding diaryl/α,β-unsaturated/α-hetero) is 1. The maximum Gasteiger partial charge on any atom is 0.338 e. The Bertz CT molecular complexity index is 655. The third kappa shape index (κ3) is 1.90. The molecule has 1 atom stereocenters. The lowest BCUT2D eigenvalue weighted by atomic mass is 9.84. The first kappa shape index (κ1) is 12.2. The topological polar surface area (TPSA) is 70.2 Å². The number of hydrogen-bond acceptors (Lipinski definition) is 3. The minimum absolute atomic E-state index is 0.0681. The van der Waals surface area contributed by atoms with Gasteiger partial charge in [0.05, 0.1) is 11.1 Å². The van der Waals surface area contributed by atoms with Gasteiger partial charge in [-0.2, -0.15) is 0 Å². The molecule has 0 aromatic carbocycles. The van der Waals surface area contributed by atoms with Crippen molar-refractivity contribution < 1.29 is 14.7 Å². The molecule has 3 rings (SSSR count). The molecule has 2 N–H and O–H groups in total. The second-order valence-corrected chi connectivity index (χ2v) is 5.81. The van der Waals surface area contributed by atoms with Crippen molar-refractivity contribution in [1.82, 2.24) is 4.98 Å². The summed E-state index contributed by atoms with van der Waals surface area (Å²) in [7, 11) is 0. The molecule has 1 aliphatic rings. The molecule has 0 saturated carbocycles. The Kier molecular flexibility index (Phi) is 2.78. The van der Waals surface area contributed by atoms with Crippen LogP contribution in [0.4, 0.5) is 0 Å². The van der Waals surface area contributed by atoms with Crippen LogP contribution in [0.25, 0.3) is 0 Å². The minimum Gasteiger partial charge on any atom is -0.478 e. The van der Waals surface area contributed by atoms with Crippen molar-refractivity contribution in [1.29, 1.82) is 0 Å². The lowest BCUT2D eigenvalue weighted by molar-refractivity contribution is 0.0690. The standard InChI is InChI=1S/C14H13NO3S/c1-7-12(14(17)18)13-9(15-7)5-8(6-10(13)16)11-3-2-4-19-11/h2-4,8,15H,5-6H2,1H3,(H,17,18)/t8-/m0/s1. The van der Waals surface area contributed by atoms with E-state index in [0.29, 0.717) is 24.1 Å². The Balaban J connectivity index is 2.05. The van der Waals surface area contributed by atoms with E-state index in [1.54, 1.807) is 18.3 Å². The molecular weight excluding hydrogens is 262 g/mol. The van der Waals surface area contributed by atoms with Gasteiger partial charge in [0, 0.05) is 28.6 Å². The molecular formula is C14H13NO3S. The van der Waals surface area contributed by atoms with Gasteiger partial charge in [0.1, 0.15) is 0 Å². The molecule has 1 aliphatic carbocycles. The number of carbonyl (C=O) groups is 2. The number of aromatic carboxylic acids is 1. The zero-order valence-electron chi connectivity index (χ0n) is 10.4. The molecule has 0 unspecified atom stereocenters. The first-order chi connectivity index (χ1) is 9.08. The van der Waals surface area contributed by atoms with Crippen molar-refractivity contribution in [2.24, 2.45) is 0 Å². The second-order valence-electron chi connectivity index (χ2n) is 4.83. The molecule has 4 nitrogen and oxygen atoms in total. The summed E-state index contributed by atoms with van der Waals surface area (Å²) in [6.07, 6.45) is 1.10. The highest BCUT2D eigenvalue weighted by atomic mass is 32.1. The quantitative estimate of drug-likeness (QED) is 0.885. The van der Waals surface area contributed by atoms with Crippen LogP contribution < -0.4 is 0 Å². The monoisotopic (exact) mass is 275 g/mol. The zero-order chi connectivity index (χ0) is 13.6. The lowest BCUT2D eigenvalue weighted by Gasteiger charge is -2.20. The molecule has 19 heavy (non-hydrogen) atoms. The number of hydrogen-bond donors (Lipinski definition) is 2. The van der Waals surface area contributed by atoms with Crippen LogP contribution >= 0.6 is 11.3 Å². The van der Waals surface area contributed by atoms with E-state index >= 15 is 0 Å². The highest BCUT2D eigenvalue weighted by Gasteiger charge is 2.33. The Hall–Kier alpha value is -1.88. The van der Waals surface area contributed by atoms with Gasteiger partial charge in [-0.15, -0.1) is 11.3 Å². The van der Waals surface area contributed by atoms with Gasteiger partial charge in [0.25, 0.3) is 0 Å². The molecule has 2 aromatic heterocycles. The Morgan fingerprint density at radius 3 is 2.89 bits per heavy atom. The summed E-state index contributed by atoms with van der Waals surface area (Å²) in [6.45, 7) is 1.70. The Morgan fingerprint density at radius 1 is 1.47 bits per heavy atom. The number of aromatic nitrogens is 1. The summed E-state index contributed by atoms with van der Waals surface area (Å²) in [5.74, 6) is -0.931. The number of carboxylic acid groups (broad SMARTS) is 1. The number of rotatable bonds is 2. The lowest BCUT2D eigenvalue weighted by Crippen LogP contribution is -2.19. The fourth-order valence-electron chi connectivity index (χ4n) is 2.79. The third-order valence-electron chi connectivity index (χ3n) is 3.59. The van der Waals surface area contributed by atoms with E-state index in [4.69, 9.17) is 0 Å². The molecule has 0 aliphatic heterocycles. The predicted octanol–water partition coefficient (Wildman–Crippen LogP) is 3.00. The molecule has 0 fully saturated rings. The molecule has 0 saturated heterocycles. The van der Waals surface area contributed by atoms with Crippen LogP contribution in [-0.2, 0) is 6.42 Å². The number of carboxylic acids is 1. The van der Waals surface area contributed by atoms with Gasteiger partial charge in [0.2, 0.25) is 0 Å². The van der Waals surface area contributed by atoms with Gasteiger partial charge in [0.15, 0.2) is 5.78 Å². The summed E-state index contributed by atoms with van der Waals surface area (Å²) < 4.78 is 0. The maximum absolute atomic E-state index is 12.3. The average Bonchev–Trinajstić information content (AvgIpc) is 2.94. The highest BCUT2D eigenvalue weighted by Crippen LogP contribution is 2.36. The van der Waals surface area contributed by atoms with Crippen LogP contribution in [0.15, 0.2) is 17.5 Å². The number of ketones is 1. The van der Waals surface area contributed by atoms with E-state index in [9.17, 15) is 14.7 Å². The molecule has 0 radical (unpaired) electrons. The van der Waals surface area contributed by atoms with Gasteiger partial charge >= 0.3 is 5.97 Å². The first-order valence-electron chi connectivity index (χ1n) is 6.09. The van der Waals surface area contributed by atoms with Crippen molar-refractivity contribution in [2.75, 3.05) is 0 Å². The van der Waals surface area contributed by atoms with Crippen molar-refractivity contribution in [2.45, 2.75) is 25.7 Å². The summed E-state index contributed by atoms with van der Waals surface area (Å²) >= 11 is 1.64. The van der Waals surface area contributed by atoms with Crippen LogP contribution in [-0.4, -0.2) is 21.8 Å². The SMILES string of the molecule is Cc1[nH]c2c(c1C(=O)O)C(=O)C[C@@H](c1cccs1)C2. The van der Waals surface area contributed by atoms with Gasteiger partial charge in [-0.05, 0) is 24.8 Å². The number of aryl methyl sites for hydroxylation is 1. The molecule has 5 heteroatoms. The average molecular weight is 275 g/mol. The van der Waals surface area contributed by atoms with E-state index in [-0.39, 0.29) is 17.3 Å². The number of fused-ring (bicyclic) bond motifs is 1. The zero-order valence-corrected chi connectivity index (χ0v) is 11.2. The van der Waals surface area contributed by atoms with Crippen molar-refractivity contribution in [3.8, 4) is 0 Å². The van der Waals surface area contributed by atoms with E-state index in [1.165, 1.54) is 4.88 Å². The number of carbonyl (C=O) groups excluding carboxylic acids is 1. The second kappa shape index (κ2) is 4.35. The van der Waals surface area contributed by atoms with Crippen molar-refractivity contribution in [3.05, 3.63) is 44.9 Å². The summed E-state index contributed by atoms with van der Waals surface area (Å²) in [5, 5.41) is 11.2. The van der Waals surface area contributed by atoms with Crippen LogP contribution in [0.5, 0.6) is 0 Å². The molecule has 0 spiro atoms. The fraction of sp³-hybridized carbons (Fsp3) is 0.286. The van der Waals surface area contributed by atoms with Gasteiger partial charge in [-0.3, -0.25) is 4.79 Å². The number of aromatic amines is 1. The van der Waals surface area contributed by atoms with E-state index in [2.05, 4.69) is 4.98 Å². The molecule has 98 valence electrons. The van der Waals surface area contributed by atoms with Crippen molar-refractivity contribution in [3.63, 3.8) is 0 Å². The van der Waals surface area contributed by atoms with Crippen molar-refractivity contribution >= 4 is 23.1 Å². The van der Waals surface area contributed by atoms with Gasteiger partial charge in [-0.1, -0.05) is 6.07 Å². The normalized spacial score (nSPS) is 18.4. The van der Waals surface area contributed by atoms with E-state index < -0.39 is 5.97 Å².